The molecule has 0 spiro atoms. The predicted octanol–water partition coefficient (Wildman–Crippen LogP) is 9.47. The Labute approximate surface area is 216 Å². The van der Waals surface area contributed by atoms with Crippen molar-refractivity contribution in [3.63, 3.8) is 0 Å². The molecule has 9 heteroatoms. The maximum atomic E-state index is 12.7. The highest BCUT2D eigenvalue weighted by Crippen LogP contribution is 2.57. The van der Waals surface area contributed by atoms with Crippen LogP contribution in [0.1, 0.15) is 111 Å². The lowest BCUT2D eigenvalue weighted by molar-refractivity contribution is -0.260. The van der Waals surface area contributed by atoms with Gasteiger partial charge in [0.05, 0.1) is 0 Å². The fraction of sp³-hybridized carbons (Fsp3) is 0.963. The van der Waals surface area contributed by atoms with Gasteiger partial charge in [0.15, 0.2) is 11.0 Å². The number of hydrogen-bond donors (Lipinski definition) is 1. The summed E-state index contributed by atoms with van der Waals surface area (Å²) < 4.78 is 80.6. The average Bonchev–Trinajstić information content (AvgIpc) is 3.10. The van der Waals surface area contributed by atoms with Gasteiger partial charge in [-0.3, -0.25) is 4.79 Å². The summed E-state index contributed by atoms with van der Waals surface area (Å²) >= 11 is 0. The molecule has 7 atom stereocenters. The van der Waals surface area contributed by atoms with Crippen molar-refractivity contribution < 1.29 is 41.0 Å². The second-order valence-electron chi connectivity index (χ2n) is 11.0. The van der Waals surface area contributed by atoms with E-state index in [0.29, 0.717) is 23.7 Å². The van der Waals surface area contributed by atoms with Crippen molar-refractivity contribution >= 4 is 5.97 Å². The van der Waals surface area contributed by atoms with Gasteiger partial charge in [0.25, 0.3) is 0 Å². The Hall–Kier alpha value is -0.990. The van der Waals surface area contributed by atoms with Gasteiger partial charge in [-0.1, -0.05) is 50.5 Å². The number of carbonyl (C=O) groups excluding carboxylic acids is 1. The molecule has 0 heterocycles. The second kappa shape index (κ2) is 13.7. The summed E-state index contributed by atoms with van der Waals surface area (Å²) in [5.41, 5.74) is -5.84. The van der Waals surface area contributed by atoms with E-state index < -0.39 is 34.9 Å². The SMILES string of the molecule is C.C.C.C.CC1C2CC(CC(C)(O)C(F)(F)F)C(C2)C1C.CCC(C)(C(=O)OC(C)(C)C)C(F)(F)F. The number of rotatable bonds is 4. The van der Waals surface area contributed by atoms with Gasteiger partial charge in [0, 0.05) is 0 Å². The van der Waals surface area contributed by atoms with Gasteiger partial charge < -0.3 is 9.84 Å². The van der Waals surface area contributed by atoms with E-state index in [-0.39, 0.29) is 48.5 Å². The van der Waals surface area contributed by atoms with Crippen LogP contribution in [0.25, 0.3) is 0 Å². The van der Waals surface area contributed by atoms with Gasteiger partial charge in [0.1, 0.15) is 5.60 Å². The van der Waals surface area contributed by atoms with Gasteiger partial charge in [-0.05, 0) is 89.9 Å². The van der Waals surface area contributed by atoms with Gasteiger partial charge in [-0.15, -0.1) is 0 Å². The Bertz CT molecular complexity index is 649. The molecule has 222 valence electrons. The summed E-state index contributed by atoms with van der Waals surface area (Å²) in [4.78, 5) is 11.4. The fourth-order valence-electron chi connectivity index (χ4n) is 4.81. The summed E-state index contributed by atoms with van der Waals surface area (Å²) in [6.07, 6.45) is -7.63. The predicted molar refractivity (Wildman–Crippen MR) is 137 cm³/mol. The molecule has 3 nitrogen and oxygen atoms in total. The summed E-state index contributed by atoms with van der Waals surface area (Å²) in [6, 6.07) is 0. The smallest absolute Gasteiger partial charge is 0.416 e. The van der Waals surface area contributed by atoms with Gasteiger partial charge >= 0.3 is 18.3 Å². The van der Waals surface area contributed by atoms with E-state index >= 15 is 0 Å². The van der Waals surface area contributed by atoms with E-state index in [1.54, 1.807) is 0 Å². The Morgan fingerprint density at radius 1 is 0.833 bits per heavy atom. The third-order valence-corrected chi connectivity index (χ3v) is 7.49. The zero-order valence-electron chi connectivity index (χ0n) is 20.2. The topological polar surface area (TPSA) is 46.5 Å². The molecular formula is C27H54F6O3. The first-order chi connectivity index (χ1) is 14.1. The molecule has 2 aliphatic carbocycles. The van der Waals surface area contributed by atoms with Crippen molar-refractivity contribution in [1.29, 1.82) is 0 Å². The fourth-order valence-corrected chi connectivity index (χ4v) is 4.81. The van der Waals surface area contributed by atoms with Crippen LogP contribution in [-0.4, -0.2) is 34.6 Å². The molecule has 7 unspecified atom stereocenters. The highest BCUT2D eigenvalue weighted by Gasteiger charge is 2.57. The number of aliphatic hydroxyl groups is 1. The first-order valence-electron chi connectivity index (χ1n) is 11.2. The second-order valence-corrected chi connectivity index (χ2v) is 11.0. The normalized spacial score (nSPS) is 28.4. The van der Waals surface area contributed by atoms with Crippen molar-refractivity contribution in [3.8, 4) is 0 Å². The molecule has 0 aromatic rings. The maximum absolute atomic E-state index is 12.7. The molecule has 0 aromatic heterocycles. The Morgan fingerprint density at radius 2 is 1.28 bits per heavy atom. The molecule has 1 N–H and O–H groups in total. The minimum atomic E-state index is -4.58. The summed E-state index contributed by atoms with van der Waals surface area (Å²) in [6.45, 7) is 12.1. The highest BCUT2D eigenvalue weighted by atomic mass is 19.4. The van der Waals surface area contributed by atoms with Gasteiger partial charge in [0.2, 0.25) is 0 Å². The minimum Gasteiger partial charge on any atom is -0.459 e. The third kappa shape index (κ3) is 9.39. The van der Waals surface area contributed by atoms with Crippen LogP contribution in [0.3, 0.4) is 0 Å². The first-order valence-corrected chi connectivity index (χ1v) is 11.2. The van der Waals surface area contributed by atoms with E-state index in [0.717, 1.165) is 26.7 Å². The van der Waals surface area contributed by atoms with Crippen LogP contribution in [-0.2, 0) is 9.53 Å². The highest BCUT2D eigenvalue weighted by molar-refractivity contribution is 5.77. The summed E-state index contributed by atoms with van der Waals surface area (Å²) in [7, 11) is 0. The summed E-state index contributed by atoms with van der Waals surface area (Å²) in [5.74, 6) is 0.913. The lowest BCUT2D eigenvalue weighted by Gasteiger charge is -2.36. The third-order valence-electron chi connectivity index (χ3n) is 7.49. The molecule has 0 radical (unpaired) electrons. The van der Waals surface area contributed by atoms with E-state index in [2.05, 4.69) is 13.8 Å². The quantitative estimate of drug-likeness (QED) is 0.285. The molecule has 0 aliphatic heterocycles. The van der Waals surface area contributed by atoms with Gasteiger partial charge in [-0.2, -0.15) is 26.3 Å². The molecule has 36 heavy (non-hydrogen) atoms. The van der Waals surface area contributed by atoms with E-state index in [1.807, 2.05) is 0 Å². The van der Waals surface area contributed by atoms with Gasteiger partial charge in [-0.25, -0.2) is 0 Å². The van der Waals surface area contributed by atoms with Crippen molar-refractivity contribution in [2.24, 2.45) is 35.0 Å². The number of esters is 1. The summed E-state index contributed by atoms with van der Waals surface area (Å²) in [5, 5.41) is 9.57. The molecule has 2 aliphatic rings. The first kappa shape index (κ1) is 42.1. The molecular weight excluding hydrogens is 486 g/mol. The maximum Gasteiger partial charge on any atom is 0.416 e. The largest absolute Gasteiger partial charge is 0.459 e. The van der Waals surface area contributed by atoms with Crippen LogP contribution in [0.2, 0.25) is 0 Å². The van der Waals surface area contributed by atoms with Crippen molar-refractivity contribution in [2.45, 2.75) is 134 Å². The molecule has 2 fully saturated rings. The van der Waals surface area contributed by atoms with Crippen molar-refractivity contribution in [1.82, 2.24) is 0 Å². The van der Waals surface area contributed by atoms with E-state index in [9.17, 15) is 36.2 Å². The van der Waals surface area contributed by atoms with Crippen LogP contribution >= 0.6 is 0 Å². The monoisotopic (exact) mass is 540 g/mol. The lowest BCUT2D eigenvalue weighted by Crippen LogP contribution is -2.45. The van der Waals surface area contributed by atoms with Crippen molar-refractivity contribution in [2.75, 3.05) is 0 Å². The number of ether oxygens (including phenoxy) is 1. The Morgan fingerprint density at radius 3 is 1.56 bits per heavy atom. The van der Waals surface area contributed by atoms with Crippen LogP contribution in [0, 0.1) is 35.0 Å². The van der Waals surface area contributed by atoms with Crippen LogP contribution in [0.4, 0.5) is 26.3 Å². The number of halogens is 6. The zero-order chi connectivity index (χ0) is 25.5. The molecule has 2 rings (SSSR count). The molecule has 0 saturated heterocycles. The number of fused-ring (bicyclic) bond motifs is 2. The van der Waals surface area contributed by atoms with Crippen LogP contribution in [0.5, 0.6) is 0 Å². The van der Waals surface area contributed by atoms with Crippen LogP contribution in [0.15, 0.2) is 0 Å². The van der Waals surface area contributed by atoms with Crippen LogP contribution < -0.4 is 0 Å². The van der Waals surface area contributed by atoms with E-state index in [1.165, 1.54) is 27.7 Å². The number of hydrogen-bond acceptors (Lipinski definition) is 3. The Balaban J connectivity index is -0.000000258. The zero-order valence-corrected chi connectivity index (χ0v) is 20.2. The van der Waals surface area contributed by atoms with E-state index in [4.69, 9.17) is 4.74 Å². The minimum absolute atomic E-state index is 0. The molecule has 2 saturated carbocycles. The number of alkyl halides is 6. The molecule has 0 amide bonds. The Kier molecular flexibility index (Phi) is 16.0. The molecule has 0 aromatic carbocycles. The standard InChI is InChI=1S/C13H21F3O.C10H17F3O2.4CH4/c1-7-8(2)11-5-9(7)4-10(11)6-12(3,17)13(14,15)16;1-6-9(5,10(11,12)13)7(14)15-8(2,3)4;;;;/h7-11,17H,4-6H2,1-3H3;6H2,1-5H3;4*1H4. The van der Waals surface area contributed by atoms with Crippen molar-refractivity contribution in [3.05, 3.63) is 0 Å². The lowest BCUT2D eigenvalue weighted by atomic mass is 9.72. The average molecular weight is 541 g/mol. The number of carbonyl (C=O) groups is 1. The molecule has 2 bridgehead atoms.